The maximum atomic E-state index is 10.2. The molecule has 4 nitrogen and oxygen atoms in total. The van der Waals surface area contributed by atoms with Crippen molar-refractivity contribution in [2.24, 2.45) is 5.73 Å². The van der Waals surface area contributed by atoms with Crippen molar-refractivity contribution >= 4 is 5.97 Å². The number of carboxylic acids is 1. The van der Waals surface area contributed by atoms with Crippen molar-refractivity contribution in [1.29, 1.82) is 0 Å². The van der Waals surface area contributed by atoms with E-state index in [-0.39, 0.29) is 0 Å². The Labute approximate surface area is 71.7 Å². The quantitative estimate of drug-likeness (QED) is 0.573. The molecule has 3 N–H and O–H groups in total. The van der Waals surface area contributed by atoms with Gasteiger partial charge < -0.3 is 15.7 Å². The topological polar surface area (TPSA) is 66.6 Å². The number of rotatable bonds is 2. The molecule has 0 unspecified atom stereocenters. The van der Waals surface area contributed by atoms with Crippen molar-refractivity contribution < 1.29 is 9.90 Å². The minimum absolute atomic E-state index is 0.291. The maximum Gasteiger partial charge on any atom is 0.329 e. The van der Waals surface area contributed by atoms with Crippen molar-refractivity contribution in [2.75, 3.05) is 13.1 Å². The van der Waals surface area contributed by atoms with Crippen LogP contribution in [0.5, 0.6) is 0 Å². The van der Waals surface area contributed by atoms with Crippen LogP contribution in [0.4, 0.5) is 0 Å². The zero-order valence-corrected chi connectivity index (χ0v) is 6.94. The highest BCUT2D eigenvalue weighted by Gasteiger charge is 2.12. The number of hydrogen-bond donors (Lipinski definition) is 2. The SMILES string of the molecule is NC1CCN(C=CC(=O)O)CC1. The van der Waals surface area contributed by atoms with Crippen LogP contribution in [-0.2, 0) is 4.79 Å². The number of aliphatic carboxylic acids is 1. The van der Waals surface area contributed by atoms with Gasteiger partial charge in [-0.25, -0.2) is 4.79 Å². The minimum Gasteiger partial charge on any atom is -0.478 e. The largest absolute Gasteiger partial charge is 0.478 e. The molecule has 68 valence electrons. The Morgan fingerprint density at radius 1 is 1.50 bits per heavy atom. The highest BCUT2D eigenvalue weighted by Crippen LogP contribution is 2.07. The molecule has 1 rings (SSSR count). The molecule has 0 radical (unpaired) electrons. The second-order valence-corrected chi connectivity index (χ2v) is 3.03. The predicted octanol–water partition coefficient (Wildman–Crippen LogP) is 0.00780. The molecule has 1 aliphatic heterocycles. The molecule has 0 aliphatic carbocycles. The molecule has 1 aliphatic rings. The van der Waals surface area contributed by atoms with Crippen LogP contribution >= 0.6 is 0 Å². The smallest absolute Gasteiger partial charge is 0.329 e. The molecule has 1 fully saturated rings. The van der Waals surface area contributed by atoms with Gasteiger partial charge in [-0.2, -0.15) is 0 Å². The first kappa shape index (κ1) is 9.06. The highest BCUT2D eigenvalue weighted by atomic mass is 16.4. The highest BCUT2D eigenvalue weighted by molar-refractivity contribution is 5.79. The number of carboxylic acid groups (broad SMARTS) is 1. The zero-order valence-electron chi connectivity index (χ0n) is 6.94. The summed E-state index contributed by atoms with van der Waals surface area (Å²) in [5, 5.41) is 8.36. The Bertz CT molecular complexity index is 183. The van der Waals surface area contributed by atoms with Crippen LogP contribution in [0.3, 0.4) is 0 Å². The molecule has 0 bridgehead atoms. The monoisotopic (exact) mass is 170 g/mol. The number of hydrogen-bond acceptors (Lipinski definition) is 3. The van der Waals surface area contributed by atoms with E-state index in [0.29, 0.717) is 6.04 Å². The van der Waals surface area contributed by atoms with E-state index in [9.17, 15) is 4.79 Å². The molecule has 1 saturated heterocycles. The lowest BCUT2D eigenvalue weighted by Gasteiger charge is -2.28. The van der Waals surface area contributed by atoms with Gasteiger partial charge in [0, 0.05) is 31.4 Å². The van der Waals surface area contributed by atoms with Crippen LogP contribution < -0.4 is 5.73 Å². The first-order valence-corrected chi connectivity index (χ1v) is 4.09. The van der Waals surface area contributed by atoms with E-state index in [4.69, 9.17) is 10.8 Å². The maximum absolute atomic E-state index is 10.2. The van der Waals surface area contributed by atoms with Crippen LogP contribution in [0.15, 0.2) is 12.3 Å². The number of carbonyl (C=O) groups is 1. The van der Waals surface area contributed by atoms with E-state index in [1.54, 1.807) is 6.20 Å². The molecule has 0 saturated carbocycles. The summed E-state index contributed by atoms with van der Waals surface area (Å²) in [5.41, 5.74) is 5.69. The van der Waals surface area contributed by atoms with Crippen LogP contribution in [0.2, 0.25) is 0 Å². The first-order valence-electron chi connectivity index (χ1n) is 4.09. The fourth-order valence-electron chi connectivity index (χ4n) is 1.24. The summed E-state index contributed by atoms with van der Waals surface area (Å²) in [7, 11) is 0. The lowest BCUT2D eigenvalue weighted by molar-refractivity contribution is -0.131. The zero-order chi connectivity index (χ0) is 8.97. The summed E-state index contributed by atoms with van der Waals surface area (Å²) in [6, 6.07) is 0.291. The molecule has 1 heterocycles. The number of nitrogens with zero attached hydrogens (tertiary/aromatic N) is 1. The third-order valence-electron chi connectivity index (χ3n) is 2.00. The molecule has 0 aromatic heterocycles. The van der Waals surface area contributed by atoms with E-state index in [1.165, 1.54) is 0 Å². The number of piperidine rings is 1. The van der Waals surface area contributed by atoms with Gasteiger partial charge in [-0.1, -0.05) is 0 Å². The van der Waals surface area contributed by atoms with E-state index in [1.807, 2.05) is 4.90 Å². The van der Waals surface area contributed by atoms with Crippen molar-refractivity contribution in [1.82, 2.24) is 4.90 Å². The van der Waals surface area contributed by atoms with Crippen molar-refractivity contribution in [3.05, 3.63) is 12.3 Å². The fraction of sp³-hybridized carbons (Fsp3) is 0.625. The van der Waals surface area contributed by atoms with Gasteiger partial charge in [0.15, 0.2) is 0 Å². The van der Waals surface area contributed by atoms with Gasteiger partial charge in [-0.15, -0.1) is 0 Å². The first-order chi connectivity index (χ1) is 5.68. The van der Waals surface area contributed by atoms with Crippen molar-refractivity contribution in [2.45, 2.75) is 18.9 Å². The van der Waals surface area contributed by atoms with Crippen LogP contribution in [0, 0.1) is 0 Å². The van der Waals surface area contributed by atoms with Gasteiger partial charge >= 0.3 is 5.97 Å². The Kier molecular flexibility index (Phi) is 3.10. The Morgan fingerprint density at radius 2 is 2.08 bits per heavy atom. The van der Waals surface area contributed by atoms with Crippen LogP contribution in [0.25, 0.3) is 0 Å². The lowest BCUT2D eigenvalue weighted by atomic mass is 10.1. The standard InChI is InChI=1S/C8H14N2O2/c9-7-1-4-10(5-2-7)6-3-8(11)12/h3,6-7H,1-2,4-5,9H2,(H,11,12). The molecular formula is C8H14N2O2. The van der Waals surface area contributed by atoms with Gasteiger partial charge in [-0.05, 0) is 12.8 Å². The summed E-state index contributed by atoms with van der Waals surface area (Å²) >= 11 is 0. The molecule has 0 aromatic rings. The molecule has 0 amide bonds. The Morgan fingerprint density at radius 3 is 2.58 bits per heavy atom. The van der Waals surface area contributed by atoms with Gasteiger partial charge in [-0.3, -0.25) is 0 Å². The van der Waals surface area contributed by atoms with E-state index in [0.717, 1.165) is 32.0 Å². The molecule has 0 atom stereocenters. The average Bonchev–Trinajstić information content (AvgIpc) is 2.03. The van der Waals surface area contributed by atoms with Gasteiger partial charge in [0.05, 0.1) is 0 Å². The van der Waals surface area contributed by atoms with Gasteiger partial charge in [0.1, 0.15) is 0 Å². The normalized spacial score (nSPS) is 20.2. The lowest BCUT2D eigenvalue weighted by Crippen LogP contribution is -2.36. The summed E-state index contributed by atoms with van der Waals surface area (Å²) in [5.74, 6) is -0.898. The second kappa shape index (κ2) is 4.11. The number of nitrogens with two attached hydrogens (primary N) is 1. The minimum atomic E-state index is -0.898. The van der Waals surface area contributed by atoms with E-state index >= 15 is 0 Å². The van der Waals surface area contributed by atoms with E-state index in [2.05, 4.69) is 0 Å². The third-order valence-corrected chi connectivity index (χ3v) is 2.00. The molecule has 0 spiro atoms. The summed E-state index contributed by atoms with van der Waals surface area (Å²) < 4.78 is 0. The van der Waals surface area contributed by atoms with Crippen molar-refractivity contribution in [3.8, 4) is 0 Å². The second-order valence-electron chi connectivity index (χ2n) is 3.03. The summed E-state index contributed by atoms with van der Waals surface area (Å²) in [6.07, 6.45) is 4.68. The molecule has 12 heavy (non-hydrogen) atoms. The summed E-state index contributed by atoms with van der Waals surface area (Å²) in [6.45, 7) is 1.73. The average molecular weight is 170 g/mol. The molecular weight excluding hydrogens is 156 g/mol. The molecule has 0 aromatic carbocycles. The van der Waals surface area contributed by atoms with Crippen molar-refractivity contribution in [3.63, 3.8) is 0 Å². The van der Waals surface area contributed by atoms with Gasteiger partial charge in [0.2, 0.25) is 0 Å². The summed E-state index contributed by atoms with van der Waals surface area (Å²) in [4.78, 5) is 12.2. The van der Waals surface area contributed by atoms with Crippen LogP contribution in [-0.4, -0.2) is 35.1 Å². The fourth-order valence-corrected chi connectivity index (χ4v) is 1.24. The third kappa shape index (κ3) is 2.92. The number of likely N-dealkylation sites (tertiary alicyclic amines) is 1. The Balaban J connectivity index is 2.30. The van der Waals surface area contributed by atoms with E-state index < -0.39 is 5.97 Å². The Hall–Kier alpha value is -1.03. The molecule has 4 heteroatoms. The predicted molar refractivity (Wildman–Crippen MR) is 45.6 cm³/mol. The van der Waals surface area contributed by atoms with Crippen LogP contribution in [0.1, 0.15) is 12.8 Å². The van der Waals surface area contributed by atoms with Gasteiger partial charge in [0.25, 0.3) is 0 Å².